The number of carbonyl (C=O) groups excluding carboxylic acids is 1. The van der Waals surface area contributed by atoms with Gasteiger partial charge < -0.3 is 5.32 Å². The molecule has 0 fully saturated rings. The van der Waals surface area contributed by atoms with Gasteiger partial charge in [-0.3, -0.25) is 9.69 Å². The number of fused-ring (bicyclic) bond motifs is 1. The van der Waals surface area contributed by atoms with Gasteiger partial charge in [0.05, 0.1) is 5.69 Å². The maximum Gasteiger partial charge on any atom is 0.251 e. The first kappa shape index (κ1) is 19.3. The van der Waals surface area contributed by atoms with Crippen molar-refractivity contribution in [2.45, 2.75) is 39.3 Å². The summed E-state index contributed by atoms with van der Waals surface area (Å²) in [7, 11) is 0. The van der Waals surface area contributed by atoms with Crippen molar-refractivity contribution in [2.24, 2.45) is 0 Å². The molecule has 1 amide bonds. The zero-order valence-corrected chi connectivity index (χ0v) is 16.9. The standard InChI is InChI=1S/C22H26N6O/c1-3-20(27-11-10-17-6-4-5-7-19(17)14-27)13-23-22(29)18-8-9-21(16(2)12-18)28-15-24-25-26-28/h4-9,12,15,20H,3,10-11,13-14H2,1-2H3,(H,23,29). The maximum absolute atomic E-state index is 12.7. The highest BCUT2D eigenvalue weighted by atomic mass is 16.1. The zero-order valence-electron chi connectivity index (χ0n) is 16.9. The van der Waals surface area contributed by atoms with Crippen LogP contribution in [0.5, 0.6) is 0 Å². The van der Waals surface area contributed by atoms with E-state index in [2.05, 4.69) is 56.9 Å². The number of amides is 1. The quantitative estimate of drug-likeness (QED) is 0.700. The fraction of sp³-hybridized carbons (Fsp3) is 0.364. The summed E-state index contributed by atoms with van der Waals surface area (Å²) in [5, 5.41) is 14.4. The third kappa shape index (κ3) is 4.19. The van der Waals surface area contributed by atoms with E-state index in [0.717, 1.165) is 37.2 Å². The number of aromatic nitrogens is 4. The topological polar surface area (TPSA) is 75.9 Å². The number of rotatable bonds is 6. The molecule has 2 aromatic carbocycles. The number of nitrogens with one attached hydrogen (secondary N) is 1. The van der Waals surface area contributed by atoms with Crippen LogP contribution in [0.1, 0.15) is 40.4 Å². The van der Waals surface area contributed by atoms with E-state index < -0.39 is 0 Å². The molecule has 1 aliphatic heterocycles. The molecule has 29 heavy (non-hydrogen) atoms. The van der Waals surface area contributed by atoms with Gasteiger partial charge in [0.25, 0.3) is 5.91 Å². The van der Waals surface area contributed by atoms with E-state index in [4.69, 9.17) is 0 Å². The summed E-state index contributed by atoms with van der Waals surface area (Å²) in [5.74, 6) is -0.0489. The number of hydrogen-bond donors (Lipinski definition) is 1. The number of aryl methyl sites for hydroxylation is 1. The first-order valence-electron chi connectivity index (χ1n) is 10.1. The highest BCUT2D eigenvalue weighted by Gasteiger charge is 2.22. The van der Waals surface area contributed by atoms with Crippen LogP contribution in [0.2, 0.25) is 0 Å². The monoisotopic (exact) mass is 390 g/mol. The molecule has 1 aromatic heterocycles. The largest absolute Gasteiger partial charge is 0.350 e. The molecule has 150 valence electrons. The Bertz CT molecular complexity index is 985. The van der Waals surface area contributed by atoms with Crippen molar-refractivity contribution in [3.63, 3.8) is 0 Å². The molecular formula is C22H26N6O. The second kappa shape index (κ2) is 8.53. The van der Waals surface area contributed by atoms with Crippen LogP contribution in [0.3, 0.4) is 0 Å². The Labute approximate surface area is 170 Å². The lowest BCUT2D eigenvalue weighted by atomic mass is 9.98. The summed E-state index contributed by atoms with van der Waals surface area (Å²) in [5.41, 5.74) is 5.31. The summed E-state index contributed by atoms with van der Waals surface area (Å²) in [6.07, 6.45) is 3.61. The Morgan fingerprint density at radius 3 is 2.76 bits per heavy atom. The van der Waals surface area contributed by atoms with Gasteiger partial charge in [-0.2, -0.15) is 0 Å². The molecule has 1 aliphatic rings. The molecule has 1 atom stereocenters. The summed E-state index contributed by atoms with van der Waals surface area (Å²) < 4.78 is 1.60. The predicted octanol–water partition coefficient (Wildman–Crippen LogP) is 2.54. The minimum atomic E-state index is -0.0489. The molecule has 7 nitrogen and oxygen atoms in total. The Hall–Kier alpha value is -3.06. The maximum atomic E-state index is 12.7. The van der Waals surface area contributed by atoms with Gasteiger partial charge in [0, 0.05) is 31.2 Å². The van der Waals surface area contributed by atoms with Crippen LogP contribution in [0.4, 0.5) is 0 Å². The molecule has 0 saturated heterocycles. The third-order valence-corrected chi connectivity index (χ3v) is 5.70. The molecule has 7 heteroatoms. The summed E-state index contributed by atoms with van der Waals surface area (Å²) in [4.78, 5) is 15.2. The van der Waals surface area contributed by atoms with Gasteiger partial charge in [0.2, 0.25) is 0 Å². The van der Waals surface area contributed by atoms with Crippen molar-refractivity contribution < 1.29 is 4.79 Å². The van der Waals surface area contributed by atoms with Crippen molar-refractivity contribution >= 4 is 5.91 Å². The van der Waals surface area contributed by atoms with Crippen LogP contribution in [0.25, 0.3) is 5.69 Å². The number of benzene rings is 2. The molecule has 0 spiro atoms. The van der Waals surface area contributed by atoms with Crippen molar-refractivity contribution in [3.8, 4) is 5.69 Å². The van der Waals surface area contributed by atoms with Gasteiger partial charge in [-0.25, -0.2) is 4.68 Å². The van der Waals surface area contributed by atoms with Crippen LogP contribution >= 0.6 is 0 Å². The van der Waals surface area contributed by atoms with Gasteiger partial charge in [0.15, 0.2) is 0 Å². The molecule has 2 heterocycles. The van der Waals surface area contributed by atoms with Crippen molar-refractivity contribution in [1.82, 2.24) is 30.4 Å². The Morgan fingerprint density at radius 2 is 2.03 bits per heavy atom. The molecule has 1 unspecified atom stereocenters. The number of nitrogens with zero attached hydrogens (tertiary/aromatic N) is 5. The fourth-order valence-corrected chi connectivity index (χ4v) is 4.00. The fourth-order valence-electron chi connectivity index (χ4n) is 4.00. The van der Waals surface area contributed by atoms with E-state index in [1.165, 1.54) is 11.1 Å². The van der Waals surface area contributed by atoms with Crippen LogP contribution in [-0.2, 0) is 13.0 Å². The Balaban J connectivity index is 1.39. The zero-order chi connectivity index (χ0) is 20.2. The predicted molar refractivity (Wildman–Crippen MR) is 111 cm³/mol. The molecule has 0 saturated carbocycles. The second-order valence-electron chi connectivity index (χ2n) is 7.52. The molecule has 1 N–H and O–H groups in total. The lowest BCUT2D eigenvalue weighted by Gasteiger charge is -2.35. The molecule has 0 aliphatic carbocycles. The van der Waals surface area contributed by atoms with Gasteiger partial charge in [-0.15, -0.1) is 5.10 Å². The van der Waals surface area contributed by atoms with Crippen LogP contribution < -0.4 is 5.32 Å². The Kier molecular flexibility index (Phi) is 5.67. The molecular weight excluding hydrogens is 364 g/mol. The van der Waals surface area contributed by atoms with Crippen molar-refractivity contribution in [1.29, 1.82) is 0 Å². The van der Waals surface area contributed by atoms with Gasteiger partial charge >= 0.3 is 0 Å². The summed E-state index contributed by atoms with van der Waals surface area (Å²) in [6, 6.07) is 14.5. The van der Waals surface area contributed by atoms with E-state index in [9.17, 15) is 4.79 Å². The molecule has 0 bridgehead atoms. The van der Waals surface area contributed by atoms with Gasteiger partial charge in [-0.1, -0.05) is 31.2 Å². The van der Waals surface area contributed by atoms with Crippen LogP contribution in [0, 0.1) is 6.92 Å². The van der Waals surface area contributed by atoms with E-state index in [1.54, 1.807) is 11.0 Å². The second-order valence-corrected chi connectivity index (χ2v) is 7.52. The number of hydrogen-bond acceptors (Lipinski definition) is 5. The summed E-state index contributed by atoms with van der Waals surface area (Å²) in [6.45, 7) is 6.76. The first-order valence-corrected chi connectivity index (χ1v) is 10.1. The van der Waals surface area contributed by atoms with Crippen LogP contribution in [0.15, 0.2) is 48.8 Å². The molecule has 4 rings (SSSR count). The highest BCUT2D eigenvalue weighted by Crippen LogP contribution is 2.21. The number of tetrazole rings is 1. The van der Waals surface area contributed by atoms with Gasteiger partial charge in [-0.05, 0) is 65.1 Å². The third-order valence-electron chi connectivity index (χ3n) is 5.70. The Morgan fingerprint density at radius 1 is 1.21 bits per heavy atom. The average molecular weight is 390 g/mol. The minimum absolute atomic E-state index is 0.0489. The lowest BCUT2D eigenvalue weighted by molar-refractivity contribution is 0.0926. The number of carbonyl (C=O) groups is 1. The molecule has 0 radical (unpaired) electrons. The summed E-state index contributed by atoms with van der Waals surface area (Å²) >= 11 is 0. The minimum Gasteiger partial charge on any atom is -0.350 e. The smallest absolute Gasteiger partial charge is 0.251 e. The molecule has 3 aromatic rings. The average Bonchev–Trinajstić information content (AvgIpc) is 3.28. The first-order chi connectivity index (χ1) is 14.2. The van der Waals surface area contributed by atoms with Crippen LogP contribution in [-0.4, -0.2) is 50.1 Å². The van der Waals surface area contributed by atoms with E-state index >= 15 is 0 Å². The van der Waals surface area contributed by atoms with E-state index in [-0.39, 0.29) is 5.91 Å². The van der Waals surface area contributed by atoms with Crippen molar-refractivity contribution in [3.05, 3.63) is 71.0 Å². The normalized spacial score (nSPS) is 15.0. The van der Waals surface area contributed by atoms with Crippen molar-refractivity contribution in [2.75, 3.05) is 13.1 Å². The van der Waals surface area contributed by atoms with Gasteiger partial charge in [0.1, 0.15) is 6.33 Å². The van der Waals surface area contributed by atoms with E-state index in [1.807, 2.05) is 25.1 Å². The SMILES string of the molecule is CCC(CNC(=O)c1ccc(-n2cnnn2)c(C)c1)N1CCc2ccccc2C1. The lowest BCUT2D eigenvalue weighted by Crippen LogP contribution is -2.45. The van der Waals surface area contributed by atoms with E-state index in [0.29, 0.717) is 18.2 Å². The highest BCUT2D eigenvalue weighted by molar-refractivity contribution is 5.94.